The number of imide groups is 1. The van der Waals surface area contributed by atoms with Gasteiger partial charge >= 0.3 is 6.09 Å². The number of hydrogen-bond donors (Lipinski definition) is 3. The van der Waals surface area contributed by atoms with Crippen LogP contribution in [0.1, 0.15) is 6.42 Å². The highest BCUT2D eigenvalue weighted by molar-refractivity contribution is 6.76. The molecule has 0 aromatic rings. The molecule has 0 spiro atoms. The Balaban J connectivity index is 3.94. The van der Waals surface area contributed by atoms with Gasteiger partial charge in [-0.25, -0.2) is 4.79 Å². The maximum Gasteiger partial charge on any atom is 0.413 e. The Morgan fingerprint density at radius 3 is 2.33 bits per heavy atom. The molecule has 0 aliphatic heterocycles. The van der Waals surface area contributed by atoms with Crippen molar-refractivity contribution in [2.75, 3.05) is 6.61 Å². The zero-order valence-corrected chi connectivity index (χ0v) is 11.9. The van der Waals surface area contributed by atoms with Gasteiger partial charge in [0.05, 0.1) is 13.0 Å². The molecule has 0 aliphatic carbocycles. The summed E-state index contributed by atoms with van der Waals surface area (Å²) >= 11 is 0. The highest BCUT2D eigenvalue weighted by atomic mass is 28.3. The fourth-order valence-electron chi connectivity index (χ4n) is 0.953. The minimum absolute atomic E-state index is 0.223. The van der Waals surface area contributed by atoms with Crippen LogP contribution in [0, 0.1) is 0 Å². The number of nitrogens with one attached hydrogen (secondary N) is 1. The van der Waals surface area contributed by atoms with Crippen molar-refractivity contribution in [3.63, 3.8) is 0 Å². The normalized spacial score (nSPS) is 12.7. The van der Waals surface area contributed by atoms with Gasteiger partial charge in [-0.15, -0.1) is 0 Å². The van der Waals surface area contributed by atoms with Gasteiger partial charge in [0.25, 0.3) is 5.91 Å². The summed E-state index contributed by atoms with van der Waals surface area (Å²) in [6.45, 7) is 6.59. The van der Waals surface area contributed by atoms with Crippen molar-refractivity contribution < 1.29 is 24.2 Å². The van der Waals surface area contributed by atoms with Crippen LogP contribution in [-0.4, -0.2) is 43.8 Å². The van der Waals surface area contributed by atoms with E-state index in [1.165, 1.54) is 0 Å². The molecule has 8 heteroatoms. The van der Waals surface area contributed by atoms with E-state index in [1.54, 1.807) is 0 Å². The van der Waals surface area contributed by atoms with Crippen molar-refractivity contribution in [3.8, 4) is 0 Å². The van der Waals surface area contributed by atoms with Gasteiger partial charge in [-0.1, -0.05) is 19.6 Å². The lowest BCUT2D eigenvalue weighted by Gasteiger charge is -2.15. The molecule has 0 rings (SSSR count). The standard InChI is InChI=1S/C10H20N2O5Si/c1-18(2,3)5-4-17-10(16)12-9(15)7(13)6-8(11)14/h7,13H,4-6H2,1-3H3,(H2,11,14)(H,12,15,16). The van der Waals surface area contributed by atoms with Crippen molar-refractivity contribution in [3.05, 3.63) is 0 Å². The average Bonchev–Trinajstić information content (AvgIpc) is 2.13. The molecule has 4 N–H and O–H groups in total. The molecule has 0 radical (unpaired) electrons. The van der Waals surface area contributed by atoms with Gasteiger partial charge in [-0.3, -0.25) is 14.9 Å². The number of hydrogen-bond acceptors (Lipinski definition) is 5. The summed E-state index contributed by atoms with van der Waals surface area (Å²) in [6.07, 6.45) is -3.09. The van der Waals surface area contributed by atoms with E-state index in [1.807, 2.05) is 5.32 Å². The monoisotopic (exact) mass is 276 g/mol. The zero-order chi connectivity index (χ0) is 14.3. The van der Waals surface area contributed by atoms with E-state index in [4.69, 9.17) is 10.5 Å². The molecule has 1 unspecified atom stereocenters. The summed E-state index contributed by atoms with van der Waals surface area (Å²) in [4.78, 5) is 32.8. The molecule has 0 saturated heterocycles. The molecule has 0 heterocycles. The number of carbonyl (C=O) groups excluding carboxylic acids is 3. The van der Waals surface area contributed by atoms with Crippen molar-refractivity contribution in [1.82, 2.24) is 5.32 Å². The fraction of sp³-hybridized carbons (Fsp3) is 0.700. The predicted octanol–water partition coefficient (Wildman–Crippen LogP) is -0.186. The van der Waals surface area contributed by atoms with Crippen LogP contribution in [0.5, 0.6) is 0 Å². The smallest absolute Gasteiger partial charge is 0.413 e. The van der Waals surface area contributed by atoms with E-state index in [2.05, 4.69) is 19.6 Å². The van der Waals surface area contributed by atoms with Crippen LogP contribution in [-0.2, 0) is 14.3 Å². The van der Waals surface area contributed by atoms with E-state index in [-0.39, 0.29) is 6.61 Å². The molecular weight excluding hydrogens is 256 g/mol. The summed E-state index contributed by atoms with van der Waals surface area (Å²) in [5.41, 5.74) is 4.80. The van der Waals surface area contributed by atoms with Crippen LogP contribution >= 0.6 is 0 Å². The molecule has 0 aliphatic rings. The van der Waals surface area contributed by atoms with Gasteiger partial charge in [0.2, 0.25) is 5.91 Å². The molecule has 18 heavy (non-hydrogen) atoms. The number of carbonyl (C=O) groups is 3. The van der Waals surface area contributed by atoms with Crippen LogP contribution in [0.2, 0.25) is 25.7 Å². The number of ether oxygens (including phenoxy) is 1. The zero-order valence-electron chi connectivity index (χ0n) is 10.9. The van der Waals surface area contributed by atoms with Gasteiger partial charge in [0, 0.05) is 8.07 Å². The molecule has 0 aromatic carbocycles. The minimum Gasteiger partial charge on any atom is -0.450 e. The molecule has 0 saturated carbocycles. The number of amides is 3. The maximum absolute atomic E-state index is 11.2. The lowest BCUT2D eigenvalue weighted by molar-refractivity contribution is -0.133. The van der Waals surface area contributed by atoms with Crippen molar-refractivity contribution in [2.24, 2.45) is 5.73 Å². The van der Waals surface area contributed by atoms with Crippen molar-refractivity contribution in [1.29, 1.82) is 0 Å². The summed E-state index contributed by atoms with van der Waals surface area (Å²) in [7, 11) is -1.31. The molecule has 7 nitrogen and oxygen atoms in total. The molecule has 1 atom stereocenters. The second kappa shape index (κ2) is 7.12. The molecule has 0 fully saturated rings. The largest absolute Gasteiger partial charge is 0.450 e. The van der Waals surface area contributed by atoms with Crippen molar-refractivity contribution >= 4 is 26.0 Å². The number of aliphatic hydroxyl groups excluding tert-OH is 1. The van der Waals surface area contributed by atoms with Crippen LogP contribution in [0.25, 0.3) is 0 Å². The third-order valence-corrected chi connectivity index (χ3v) is 3.71. The topological polar surface area (TPSA) is 119 Å². The quantitative estimate of drug-likeness (QED) is 0.581. The first-order chi connectivity index (χ1) is 8.11. The Morgan fingerprint density at radius 2 is 1.89 bits per heavy atom. The summed E-state index contributed by atoms with van der Waals surface area (Å²) in [6, 6.07) is 0.776. The third-order valence-electron chi connectivity index (χ3n) is 2.01. The predicted molar refractivity (Wildman–Crippen MR) is 67.5 cm³/mol. The highest BCUT2D eigenvalue weighted by Gasteiger charge is 2.21. The van der Waals surface area contributed by atoms with Crippen LogP contribution < -0.4 is 11.1 Å². The highest BCUT2D eigenvalue weighted by Crippen LogP contribution is 2.07. The number of aliphatic hydroxyl groups is 1. The lowest BCUT2D eigenvalue weighted by atomic mass is 10.2. The first-order valence-corrected chi connectivity index (χ1v) is 9.26. The maximum atomic E-state index is 11.2. The summed E-state index contributed by atoms with van der Waals surface area (Å²) in [5.74, 6) is -1.82. The van der Waals surface area contributed by atoms with E-state index < -0.39 is 38.5 Å². The van der Waals surface area contributed by atoms with Gasteiger partial charge < -0.3 is 15.6 Å². The van der Waals surface area contributed by atoms with Crippen molar-refractivity contribution in [2.45, 2.75) is 38.2 Å². The minimum atomic E-state index is -1.63. The SMILES string of the molecule is C[Si](C)(C)CCOC(=O)NC(=O)C(O)CC(N)=O. The van der Waals surface area contributed by atoms with E-state index in [0.29, 0.717) is 0 Å². The Kier molecular flexibility index (Phi) is 6.56. The number of alkyl carbamates (subject to hydrolysis) is 1. The van der Waals surface area contributed by atoms with E-state index >= 15 is 0 Å². The Hall–Kier alpha value is -1.41. The molecule has 104 valence electrons. The molecule has 0 bridgehead atoms. The Morgan fingerprint density at radius 1 is 1.33 bits per heavy atom. The van der Waals surface area contributed by atoms with E-state index in [9.17, 15) is 19.5 Å². The fourth-order valence-corrected chi connectivity index (χ4v) is 1.67. The lowest BCUT2D eigenvalue weighted by Crippen LogP contribution is -2.41. The molecule has 0 aromatic heterocycles. The van der Waals surface area contributed by atoms with Crippen LogP contribution in [0.3, 0.4) is 0 Å². The van der Waals surface area contributed by atoms with Crippen LogP contribution in [0.15, 0.2) is 0 Å². The Labute approximate surface area is 107 Å². The van der Waals surface area contributed by atoms with Gasteiger partial charge in [-0.05, 0) is 6.04 Å². The number of nitrogens with two attached hydrogens (primary N) is 1. The molecular formula is C10H20N2O5Si. The average molecular weight is 276 g/mol. The first kappa shape index (κ1) is 16.6. The summed E-state index contributed by atoms with van der Waals surface area (Å²) in [5, 5.41) is 11.0. The van der Waals surface area contributed by atoms with E-state index in [0.717, 1.165) is 6.04 Å². The second-order valence-corrected chi connectivity index (χ2v) is 10.7. The number of primary amides is 1. The Bertz CT molecular complexity index is 327. The van der Waals surface area contributed by atoms with Crippen LogP contribution in [0.4, 0.5) is 4.79 Å². The van der Waals surface area contributed by atoms with Gasteiger partial charge in [0.15, 0.2) is 0 Å². The first-order valence-electron chi connectivity index (χ1n) is 5.56. The van der Waals surface area contributed by atoms with Gasteiger partial charge in [-0.2, -0.15) is 0 Å². The molecule has 3 amide bonds. The summed E-state index contributed by atoms with van der Waals surface area (Å²) < 4.78 is 4.78. The third kappa shape index (κ3) is 8.71. The number of rotatable bonds is 6. The van der Waals surface area contributed by atoms with Gasteiger partial charge in [0.1, 0.15) is 6.10 Å². The second-order valence-electron chi connectivity index (χ2n) is 5.12.